The first-order chi connectivity index (χ1) is 10.0. The van der Waals surface area contributed by atoms with Crippen LogP contribution in [0, 0.1) is 0 Å². The number of nitrogens with one attached hydrogen (secondary N) is 1. The molecule has 7 heteroatoms. The van der Waals surface area contributed by atoms with Crippen molar-refractivity contribution in [3.63, 3.8) is 0 Å². The van der Waals surface area contributed by atoms with Gasteiger partial charge in [-0.2, -0.15) is 5.10 Å². The van der Waals surface area contributed by atoms with Crippen LogP contribution in [-0.2, 0) is 13.6 Å². The van der Waals surface area contributed by atoms with Crippen molar-refractivity contribution in [3.05, 3.63) is 46.2 Å². The van der Waals surface area contributed by atoms with Crippen molar-refractivity contribution >= 4 is 23.2 Å². The first-order valence-corrected chi connectivity index (χ1v) is 7.24. The smallest absolute Gasteiger partial charge is 0.139 e. The van der Waals surface area contributed by atoms with E-state index in [1.54, 1.807) is 29.1 Å². The van der Waals surface area contributed by atoms with Crippen molar-refractivity contribution in [3.8, 4) is 5.75 Å². The summed E-state index contributed by atoms with van der Waals surface area (Å²) >= 11 is 11.8. The lowest BCUT2D eigenvalue weighted by atomic mass is 10.3. The molecule has 1 aromatic heterocycles. The minimum absolute atomic E-state index is 0.139. The molecule has 0 fully saturated rings. The summed E-state index contributed by atoms with van der Waals surface area (Å²) in [6.45, 7) is 1.19. The Morgan fingerprint density at radius 3 is 2.95 bits per heavy atom. The second kappa shape index (κ2) is 7.66. The lowest BCUT2D eigenvalue weighted by molar-refractivity contribution is 0.106. The highest BCUT2D eigenvalue weighted by molar-refractivity contribution is 6.34. The number of hydrogen-bond acceptors (Lipinski definition) is 4. The minimum atomic E-state index is -0.642. The van der Waals surface area contributed by atoms with Gasteiger partial charge in [0.15, 0.2) is 0 Å². The zero-order valence-corrected chi connectivity index (χ0v) is 13.1. The average molecular weight is 330 g/mol. The van der Waals surface area contributed by atoms with Crippen LogP contribution in [0.25, 0.3) is 0 Å². The SMILES string of the molecule is Cn1cc(CNCC(O)COc2cc(Cl)ccc2Cl)cn1. The maximum absolute atomic E-state index is 9.87. The van der Waals surface area contributed by atoms with Crippen LogP contribution < -0.4 is 10.1 Å². The van der Waals surface area contributed by atoms with E-state index in [1.165, 1.54) is 0 Å². The second-order valence-corrected chi connectivity index (χ2v) is 5.54. The number of aliphatic hydroxyl groups excluding tert-OH is 1. The van der Waals surface area contributed by atoms with E-state index in [9.17, 15) is 5.11 Å². The minimum Gasteiger partial charge on any atom is -0.489 e. The maximum atomic E-state index is 9.87. The van der Waals surface area contributed by atoms with Crippen molar-refractivity contribution in [2.24, 2.45) is 7.05 Å². The molecule has 0 radical (unpaired) electrons. The van der Waals surface area contributed by atoms with E-state index in [2.05, 4.69) is 10.4 Å². The third kappa shape index (κ3) is 5.21. The number of halogens is 2. The number of nitrogens with zero attached hydrogens (tertiary/aromatic N) is 2. The summed E-state index contributed by atoms with van der Waals surface area (Å²) in [7, 11) is 1.86. The van der Waals surface area contributed by atoms with Crippen LogP contribution in [0.3, 0.4) is 0 Å². The molecule has 21 heavy (non-hydrogen) atoms. The zero-order valence-electron chi connectivity index (χ0n) is 11.6. The normalized spacial score (nSPS) is 12.4. The Labute approximate surface area is 133 Å². The van der Waals surface area contributed by atoms with Crippen molar-refractivity contribution in [2.45, 2.75) is 12.6 Å². The Morgan fingerprint density at radius 2 is 2.24 bits per heavy atom. The second-order valence-electron chi connectivity index (χ2n) is 4.69. The molecule has 0 bridgehead atoms. The summed E-state index contributed by atoms with van der Waals surface area (Å²) in [5.41, 5.74) is 1.06. The highest BCUT2D eigenvalue weighted by Crippen LogP contribution is 2.27. The van der Waals surface area contributed by atoms with Crippen molar-refractivity contribution in [2.75, 3.05) is 13.2 Å². The molecule has 0 aliphatic rings. The fourth-order valence-corrected chi connectivity index (χ4v) is 2.11. The summed E-state index contributed by atoms with van der Waals surface area (Å²) in [5, 5.41) is 18.1. The number of ether oxygens (including phenoxy) is 1. The Morgan fingerprint density at radius 1 is 1.43 bits per heavy atom. The molecular weight excluding hydrogens is 313 g/mol. The summed E-state index contributed by atoms with van der Waals surface area (Å²) in [5.74, 6) is 0.468. The van der Waals surface area contributed by atoms with E-state index in [-0.39, 0.29) is 6.61 Å². The van der Waals surface area contributed by atoms with Gasteiger partial charge in [0.1, 0.15) is 18.5 Å². The van der Waals surface area contributed by atoms with E-state index >= 15 is 0 Å². The maximum Gasteiger partial charge on any atom is 0.139 e. The summed E-state index contributed by atoms with van der Waals surface area (Å²) in [6, 6.07) is 4.97. The molecule has 0 saturated heterocycles. The number of hydrogen-bond donors (Lipinski definition) is 2. The van der Waals surface area contributed by atoms with E-state index in [4.69, 9.17) is 27.9 Å². The quantitative estimate of drug-likeness (QED) is 0.818. The Balaban J connectivity index is 1.72. The van der Waals surface area contributed by atoms with E-state index in [0.29, 0.717) is 28.9 Å². The van der Waals surface area contributed by atoms with Gasteiger partial charge in [0.2, 0.25) is 0 Å². The van der Waals surface area contributed by atoms with Crippen LogP contribution in [0.15, 0.2) is 30.6 Å². The summed E-state index contributed by atoms with van der Waals surface area (Å²) < 4.78 is 7.20. The highest BCUT2D eigenvalue weighted by atomic mass is 35.5. The van der Waals surface area contributed by atoms with Crippen molar-refractivity contribution in [1.29, 1.82) is 0 Å². The number of aromatic nitrogens is 2. The Kier molecular flexibility index (Phi) is 5.87. The largest absolute Gasteiger partial charge is 0.489 e. The van der Waals surface area contributed by atoms with Crippen molar-refractivity contribution < 1.29 is 9.84 Å². The Bertz CT molecular complexity index is 589. The van der Waals surface area contributed by atoms with Gasteiger partial charge in [-0.05, 0) is 12.1 Å². The average Bonchev–Trinajstić information content (AvgIpc) is 2.85. The molecular formula is C14H17Cl2N3O2. The predicted octanol–water partition coefficient (Wildman–Crippen LogP) is 2.26. The van der Waals surface area contributed by atoms with Crippen LogP contribution in [-0.4, -0.2) is 34.1 Å². The van der Waals surface area contributed by atoms with Gasteiger partial charge >= 0.3 is 0 Å². The molecule has 0 aliphatic carbocycles. The van der Waals surface area contributed by atoms with Gasteiger partial charge in [-0.15, -0.1) is 0 Å². The first-order valence-electron chi connectivity index (χ1n) is 6.49. The molecule has 114 valence electrons. The van der Waals surface area contributed by atoms with Gasteiger partial charge in [-0.25, -0.2) is 0 Å². The fraction of sp³-hybridized carbons (Fsp3) is 0.357. The standard InChI is InChI=1S/C14H17Cl2N3O2/c1-19-8-10(6-18-19)5-17-7-12(20)9-21-14-4-11(15)2-3-13(14)16/h2-4,6,8,12,17,20H,5,7,9H2,1H3. The number of aliphatic hydroxyl groups is 1. The molecule has 1 unspecified atom stereocenters. The fourth-order valence-electron chi connectivity index (χ4n) is 1.78. The molecule has 2 rings (SSSR count). The topological polar surface area (TPSA) is 59.3 Å². The van der Waals surface area contributed by atoms with Crippen molar-refractivity contribution in [1.82, 2.24) is 15.1 Å². The molecule has 2 aromatic rings. The zero-order chi connectivity index (χ0) is 15.2. The van der Waals surface area contributed by atoms with Gasteiger partial charge in [-0.1, -0.05) is 23.2 Å². The third-order valence-corrected chi connectivity index (χ3v) is 3.34. The number of benzene rings is 1. The predicted molar refractivity (Wildman–Crippen MR) is 82.9 cm³/mol. The van der Waals surface area contributed by atoms with E-state index in [1.807, 2.05) is 13.2 Å². The van der Waals surface area contributed by atoms with Crippen LogP contribution in [0.4, 0.5) is 0 Å². The first kappa shape index (κ1) is 16.1. The van der Waals surface area contributed by atoms with Crippen LogP contribution in [0.1, 0.15) is 5.56 Å². The van der Waals surface area contributed by atoms with Gasteiger partial charge in [-0.3, -0.25) is 4.68 Å². The van der Waals surface area contributed by atoms with Gasteiger partial charge < -0.3 is 15.2 Å². The van der Waals surface area contributed by atoms with Crippen LogP contribution >= 0.6 is 23.2 Å². The number of rotatable bonds is 7. The van der Waals surface area contributed by atoms with E-state index < -0.39 is 6.10 Å². The number of aryl methyl sites for hydroxylation is 1. The monoisotopic (exact) mass is 329 g/mol. The molecule has 0 saturated carbocycles. The molecule has 1 atom stereocenters. The molecule has 0 amide bonds. The van der Waals surface area contributed by atoms with Crippen LogP contribution in [0.2, 0.25) is 10.0 Å². The summed E-state index contributed by atoms with van der Waals surface area (Å²) in [6.07, 6.45) is 3.06. The lowest BCUT2D eigenvalue weighted by Crippen LogP contribution is -2.31. The van der Waals surface area contributed by atoms with Gasteiger partial charge in [0.05, 0.1) is 11.2 Å². The van der Waals surface area contributed by atoms with Gasteiger partial charge in [0.25, 0.3) is 0 Å². The van der Waals surface area contributed by atoms with E-state index in [0.717, 1.165) is 5.56 Å². The van der Waals surface area contributed by atoms with Gasteiger partial charge in [0, 0.05) is 43.0 Å². The molecule has 0 spiro atoms. The molecule has 5 nitrogen and oxygen atoms in total. The Hall–Kier alpha value is -1.27. The molecule has 0 aliphatic heterocycles. The molecule has 1 aromatic carbocycles. The van der Waals surface area contributed by atoms with Crippen LogP contribution in [0.5, 0.6) is 5.75 Å². The highest BCUT2D eigenvalue weighted by Gasteiger charge is 2.08. The lowest BCUT2D eigenvalue weighted by Gasteiger charge is -2.14. The molecule has 2 N–H and O–H groups in total. The molecule has 1 heterocycles. The summed E-state index contributed by atoms with van der Waals surface area (Å²) in [4.78, 5) is 0. The third-order valence-electron chi connectivity index (χ3n) is 2.79.